The highest BCUT2D eigenvalue weighted by atomic mass is 16.6. The first-order valence-corrected chi connectivity index (χ1v) is 9.77. The van der Waals surface area contributed by atoms with Crippen molar-refractivity contribution in [3.63, 3.8) is 0 Å². The summed E-state index contributed by atoms with van der Waals surface area (Å²) in [6.07, 6.45) is 3.40. The summed E-state index contributed by atoms with van der Waals surface area (Å²) < 4.78 is 16.4. The maximum Gasteiger partial charge on any atom is 0.258 e. The second-order valence-electron chi connectivity index (χ2n) is 6.69. The normalized spacial score (nSPS) is 12.7. The summed E-state index contributed by atoms with van der Waals surface area (Å²) in [7, 11) is 1.56. The van der Waals surface area contributed by atoms with Crippen LogP contribution in [-0.2, 0) is 6.54 Å². The Hall–Kier alpha value is -4.07. The van der Waals surface area contributed by atoms with Crippen molar-refractivity contribution in [3.8, 4) is 17.2 Å². The van der Waals surface area contributed by atoms with Gasteiger partial charge in [-0.3, -0.25) is 15.1 Å². The lowest BCUT2D eigenvalue weighted by molar-refractivity contribution is 0.0976. The van der Waals surface area contributed by atoms with E-state index in [1.54, 1.807) is 43.8 Å². The third-order valence-corrected chi connectivity index (χ3v) is 4.54. The highest BCUT2D eigenvalue weighted by molar-refractivity contribution is 6.10. The zero-order valence-corrected chi connectivity index (χ0v) is 17.0. The highest BCUT2D eigenvalue weighted by Gasteiger charge is 2.14. The van der Waals surface area contributed by atoms with Crippen molar-refractivity contribution >= 4 is 17.6 Å². The number of amides is 1. The molecule has 4 rings (SSSR count). The fourth-order valence-corrected chi connectivity index (χ4v) is 2.97. The number of rotatable bonds is 5. The first-order chi connectivity index (χ1) is 15.2. The number of pyridine rings is 1. The minimum Gasteiger partial charge on any atom is -0.497 e. The average molecular weight is 418 g/mol. The molecule has 0 unspecified atom stereocenters. The van der Waals surface area contributed by atoms with E-state index in [1.807, 2.05) is 30.3 Å². The molecular weight excluding hydrogens is 396 g/mol. The maximum absolute atomic E-state index is 12.8. The Bertz CT molecular complexity index is 1090. The Morgan fingerprint density at radius 2 is 1.87 bits per heavy atom. The van der Waals surface area contributed by atoms with E-state index in [1.165, 1.54) is 0 Å². The van der Waals surface area contributed by atoms with Crippen molar-refractivity contribution in [1.29, 1.82) is 0 Å². The van der Waals surface area contributed by atoms with Crippen LogP contribution in [0.1, 0.15) is 15.9 Å². The summed E-state index contributed by atoms with van der Waals surface area (Å²) in [5, 5.41) is 6.00. The van der Waals surface area contributed by atoms with Crippen LogP contribution < -0.4 is 24.8 Å². The molecule has 0 fully saturated rings. The molecule has 0 aliphatic carbocycles. The minimum atomic E-state index is -0.308. The second kappa shape index (κ2) is 9.62. The van der Waals surface area contributed by atoms with Crippen molar-refractivity contribution in [2.45, 2.75) is 6.54 Å². The molecular formula is C23H22N4O4. The number of nitrogens with one attached hydrogen (secondary N) is 2. The molecule has 1 aromatic heterocycles. The van der Waals surface area contributed by atoms with E-state index in [0.717, 1.165) is 5.56 Å². The molecule has 0 atom stereocenters. The quantitative estimate of drug-likeness (QED) is 0.488. The van der Waals surface area contributed by atoms with E-state index in [9.17, 15) is 4.79 Å². The average Bonchev–Trinajstić information content (AvgIpc) is 2.83. The summed E-state index contributed by atoms with van der Waals surface area (Å²) in [6.45, 7) is 1.38. The maximum atomic E-state index is 12.8. The molecule has 158 valence electrons. The molecule has 0 radical (unpaired) electrons. The van der Waals surface area contributed by atoms with Crippen molar-refractivity contribution in [3.05, 3.63) is 78.1 Å². The number of fused-ring (bicyclic) bond motifs is 1. The largest absolute Gasteiger partial charge is 0.497 e. The number of hydrogen-bond acceptors (Lipinski definition) is 6. The second-order valence-corrected chi connectivity index (χ2v) is 6.69. The monoisotopic (exact) mass is 418 g/mol. The predicted octanol–water partition coefficient (Wildman–Crippen LogP) is 3.26. The zero-order chi connectivity index (χ0) is 21.5. The fourth-order valence-electron chi connectivity index (χ4n) is 2.97. The number of anilines is 1. The van der Waals surface area contributed by atoms with Gasteiger partial charge >= 0.3 is 0 Å². The Labute approximate surface area is 179 Å². The van der Waals surface area contributed by atoms with Gasteiger partial charge in [-0.1, -0.05) is 6.07 Å². The molecule has 0 spiro atoms. The van der Waals surface area contributed by atoms with Gasteiger partial charge in [0.15, 0.2) is 11.5 Å². The third kappa shape index (κ3) is 5.30. The van der Waals surface area contributed by atoms with Gasteiger partial charge in [0.2, 0.25) is 5.96 Å². The van der Waals surface area contributed by atoms with Crippen LogP contribution in [0.25, 0.3) is 0 Å². The zero-order valence-electron chi connectivity index (χ0n) is 17.0. The highest BCUT2D eigenvalue weighted by Crippen LogP contribution is 2.32. The number of guanidine groups is 1. The molecule has 2 N–H and O–H groups in total. The number of methoxy groups -OCH3 is 1. The van der Waals surface area contributed by atoms with E-state index in [4.69, 9.17) is 14.2 Å². The smallest absolute Gasteiger partial charge is 0.258 e. The number of ether oxygens (including phenoxy) is 3. The van der Waals surface area contributed by atoms with Gasteiger partial charge in [-0.15, -0.1) is 0 Å². The van der Waals surface area contributed by atoms with E-state index in [2.05, 4.69) is 20.6 Å². The van der Waals surface area contributed by atoms with Gasteiger partial charge in [0.25, 0.3) is 5.91 Å². The Balaban J connectivity index is 1.55. The molecule has 2 heterocycles. The molecule has 1 amide bonds. The van der Waals surface area contributed by atoms with E-state index < -0.39 is 0 Å². The molecule has 31 heavy (non-hydrogen) atoms. The van der Waals surface area contributed by atoms with Gasteiger partial charge in [-0.05, 0) is 48.0 Å². The Morgan fingerprint density at radius 1 is 1.06 bits per heavy atom. The van der Waals surface area contributed by atoms with Crippen LogP contribution in [0, 0.1) is 0 Å². The number of carbonyl (C=O) groups is 1. The topological polar surface area (TPSA) is 94.1 Å². The lowest BCUT2D eigenvalue weighted by atomic mass is 10.2. The van der Waals surface area contributed by atoms with Gasteiger partial charge in [0, 0.05) is 29.7 Å². The molecule has 0 saturated heterocycles. The molecule has 1 aliphatic rings. The summed E-state index contributed by atoms with van der Waals surface area (Å²) in [4.78, 5) is 21.4. The van der Waals surface area contributed by atoms with Crippen molar-refractivity contribution < 1.29 is 19.0 Å². The molecule has 2 aromatic carbocycles. The number of carbonyl (C=O) groups excluding carboxylic acids is 1. The standard InChI is InChI=1S/C23H22N4O4/c1-29-19-4-2-3-17(13-19)22(28)27-23(25-15-16-7-9-24-10-8-16)26-18-5-6-20-21(14-18)31-12-11-30-20/h2-10,13-14H,11-12,15H2,1H3,(H2,25,26,27,28). The molecule has 1 aliphatic heterocycles. The summed E-state index contributed by atoms with van der Waals surface area (Å²) in [5.41, 5.74) is 2.13. The van der Waals surface area contributed by atoms with Crippen LogP contribution in [0.3, 0.4) is 0 Å². The fraction of sp³-hybridized carbons (Fsp3) is 0.174. The molecule has 8 nitrogen and oxygen atoms in total. The lowest BCUT2D eigenvalue weighted by Gasteiger charge is -2.19. The Kier molecular flexibility index (Phi) is 6.27. The predicted molar refractivity (Wildman–Crippen MR) is 117 cm³/mol. The summed E-state index contributed by atoms with van der Waals surface area (Å²) in [5.74, 6) is 1.93. The van der Waals surface area contributed by atoms with Gasteiger partial charge < -0.3 is 19.5 Å². The van der Waals surface area contributed by atoms with Crippen LogP contribution in [0.5, 0.6) is 17.2 Å². The van der Waals surface area contributed by atoms with Crippen LogP contribution in [0.15, 0.2) is 72.0 Å². The van der Waals surface area contributed by atoms with E-state index in [0.29, 0.717) is 54.2 Å². The summed E-state index contributed by atoms with van der Waals surface area (Å²) in [6, 6.07) is 16.1. The number of aliphatic imine (C=N–C) groups is 1. The molecule has 0 saturated carbocycles. The number of hydrogen-bond donors (Lipinski definition) is 2. The van der Waals surface area contributed by atoms with Gasteiger partial charge in [0.1, 0.15) is 19.0 Å². The van der Waals surface area contributed by atoms with Crippen LogP contribution in [0.2, 0.25) is 0 Å². The van der Waals surface area contributed by atoms with Gasteiger partial charge in [-0.25, -0.2) is 4.99 Å². The first-order valence-electron chi connectivity index (χ1n) is 9.77. The number of aromatic nitrogens is 1. The first kappa shape index (κ1) is 20.2. The Morgan fingerprint density at radius 3 is 2.68 bits per heavy atom. The van der Waals surface area contributed by atoms with E-state index >= 15 is 0 Å². The SMILES string of the molecule is COc1cccc(C(=O)NC(=NCc2ccncc2)Nc2ccc3c(c2)OCCO3)c1. The number of benzene rings is 2. The van der Waals surface area contributed by atoms with Crippen LogP contribution >= 0.6 is 0 Å². The number of nitrogens with zero attached hydrogens (tertiary/aromatic N) is 2. The summed E-state index contributed by atoms with van der Waals surface area (Å²) >= 11 is 0. The van der Waals surface area contributed by atoms with Crippen molar-refractivity contribution in [1.82, 2.24) is 10.3 Å². The van der Waals surface area contributed by atoms with E-state index in [-0.39, 0.29) is 5.91 Å². The third-order valence-electron chi connectivity index (χ3n) is 4.54. The van der Waals surface area contributed by atoms with Crippen LogP contribution in [0.4, 0.5) is 5.69 Å². The van der Waals surface area contributed by atoms with Crippen molar-refractivity contribution in [2.24, 2.45) is 4.99 Å². The lowest BCUT2D eigenvalue weighted by Crippen LogP contribution is -2.36. The van der Waals surface area contributed by atoms with Crippen LogP contribution in [-0.4, -0.2) is 37.2 Å². The van der Waals surface area contributed by atoms with Gasteiger partial charge in [-0.2, -0.15) is 0 Å². The minimum absolute atomic E-state index is 0.307. The molecule has 0 bridgehead atoms. The van der Waals surface area contributed by atoms with Crippen molar-refractivity contribution in [2.75, 3.05) is 25.6 Å². The molecule has 8 heteroatoms. The van der Waals surface area contributed by atoms with Gasteiger partial charge in [0.05, 0.1) is 13.7 Å². The molecule has 3 aromatic rings.